The molecule has 142 valence electrons. The summed E-state index contributed by atoms with van der Waals surface area (Å²) >= 11 is 0. The quantitative estimate of drug-likeness (QED) is 0.748. The van der Waals surface area contributed by atoms with Crippen LogP contribution in [0, 0.1) is 5.92 Å². The van der Waals surface area contributed by atoms with Crippen LogP contribution in [0.5, 0.6) is 0 Å². The van der Waals surface area contributed by atoms with Gasteiger partial charge in [0, 0.05) is 42.5 Å². The van der Waals surface area contributed by atoms with Gasteiger partial charge in [-0.15, -0.1) is 0 Å². The van der Waals surface area contributed by atoms with Crippen LogP contribution in [0.1, 0.15) is 42.6 Å². The Bertz CT molecular complexity index is 776. The van der Waals surface area contributed by atoms with Gasteiger partial charge in [0.2, 0.25) is 5.91 Å². The first-order valence-electron chi connectivity index (χ1n) is 9.63. The van der Waals surface area contributed by atoms with Crippen LogP contribution in [0.4, 0.5) is 11.4 Å². The van der Waals surface area contributed by atoms with Gasteiger partial charge in [-0.2, -0.15) is 0 Å². The van der Waals surface area contributed by atoms with Gasteiger partial charge in [-0.25, -0.2) is 0 Å². The minimum absolute atomic E-state index is 0.130. The highest BCUT2D eigenvalue weighted by Gasteiger charge is 2.29. The first-order valence-corrected chi connectivity index (χ1v) is 9.63. The fourth-order valence-corrected chi connectivity index (χ4v) is 3.00. The Balaban J connectivity index is 1.55. The Morgan fingerprint density at radius 1 is 0.963 bits per heavy atom. The first kappa shape index (κ1) is 19.0. The van der Waals surface area contributed by atoms with Crippen LogP contribution in [0.3, 0.4) is 0 Å². The van der Waals surface area contributed by atoms with Gasteiger partial charge in [0.05, 0.1) is 0 Å². The van der Waals surface area contributed by atoms with Gasteiger partial charge in [-0.3, -0.25) is 9.59 Å². The first-order chi connectivity index (χ1) is 13.1. The lowest BCUT2D eigenvalue weighted by atomic mass is 10.1. The van der Waals surface area contributed by atoms with E-state index in [0.29, 0.717) is 12.1 Å². The maximum absolute atomic E-state index is 12.4. The van der Waals surface area contributed by atoms with Crippen molar-refractivity contribution >= 4 is 23.2 Å². The molecule has 0 saturated heterocycles. The number of nitrogens with one attached hydrogen (secondary N) is 2. The number of anilines is 2. The van der Waals surface area contributed by atoms with E-state index in [1.807, 2.05) is 36.4 Å². The normalized spacial score (nSPS) is 13.1. The van der Waals surface area contributed by atoms with Crippen molar-refractivity contribution in [2.45, 2.75) is 33.2 Å². The van der Waals surface area contributed by atoms with E-state index in [2.05, 4.69) is 29.4 Å². The van der Waals surface area contributed by atoms with Crippen molar-refractivity contribution in [3.63, 3.8) is 0 Å². The fourth-order valence-electron chi connectivity index (χ4n) is 3.00. The molecule has 5 heteroatoms. The number of rotatable bonds is 8. The lowest BCUT2D eigenvalue weighted by Crippen LogP contribution is -2.24. The minimum atomic E-state index is -0.140. The molecule has 27 heavy (non-hydrogen) atoms. The van der Waals surface area contributed by atoms with E-state index in [1.165, 1.54) is 0 Å². The summed E-state index contributed by atoms with van der Waals surface area (Å²) in [5.41, 5.74) is 3.51. The fraction of sp³-hybridized carbons (Fsp3) is 0.364. The van der Waals surface area contributed by atoms with E-state index in [1.54, 1.807) is 12.1 Å². The minimum Gasteiger partial charge on any atom is -0.372 e. The molecule has 2 amide bonds. The third-order valence-corrected chi connectivity index (χ3v) is 4.88. The van der Waals surface area contributed by atoms with E-state index in [9.17, 15) is 9.59 Å². The third-order valence-electron chi connectivity index (χ3n) is 4.88. The average Bonchev–Trinajstić information content (AvgIpc) is 3.54. The lowest BCUT2D eigenvalue weighted by Gasteiger charge is -2.21. The molecule has 1 saturated carbocycles. The smallest absolute Gasteiger partial charge is 0.255 e. The van der Waals surface area contributed by atoms with Gasteiger partial charge < -0.3 is 15.5 Å². The molecular weight excluding hydrogens is 338 g/mol. The van der Waals surface area contributed by atoms with Crippen molar-refractivity contribution in [3.8, 4) is 0 Å². The number of nitrogens with zero attached hydrogens (tertiary/aromatic N) is 1. The van der Waals surface area contributed by atoms with Gasteiger partial charge in [-0.05, 0) is 68.7 Å². The van der Waals surface area contributed by atoms with E-state index < -0.39 is 0 Å². The molecule has 3 rings (SSSR count). The molecule has 0 spiro atoms. The van der Waals surface area contributed by atoms with Crippen molar-refractivity contribution in [3.05, 3.63) is 59.7 Å². The van der Waals surface area contributed by atoms with E-state index in [0.717, 1.165) is 42.9 Å². The molecule has 0 atom stereocenters. The molecule has 0 unspecified atom stereocenters. The van der Waals surface area contributed by atoms with Crippen molar-refractivity contribution in [2.75, 3.05) is 23.3 Å². The summed E-state index contributed by atoms with van der Waals surface area (Å²) < 4.78 is 0. The van der Waals surface area contributed by atoms with Crippen LogP contribution in [0.2, 0.25) is 0 Å². The maximum atomic E-state index is 12.4. The molecule has 2 N–H and O–H groups in total. The Morgan fingerprint density at radius 3 is 2.15 bits per heavy atom. The van der Waals surface area contributed by atoms with Crippen LogP contribution in [0.25, 0.3) is 0 Å². The van der Waals surface area contributed by atoms with Gasteiger partial charge >= 0.3 is 0 Å². The van der Waals surface area contributed by atoms with Crippen LogP contribution in [-0.4, -0.2) is 24.9 Å². The number of hydrogen-bond donors (Lipinski definition) is 2. The van der Waals surface area contributed by atoms with Gasteiger partial charge in [0.15, 0.2) is 0 Å². The number of carbonyl (C=O) groups is 2. The summed E-state index contributed by atoms with van der Waals surface area (Å²) in [4.78, 5) is 26.4. The molecule has 0 aromatic heterocycles. The van der Waals surface area contributed by atoms with Gasteiger partial charge in [0.1, 0.15) is 0 Å². The van der Waals surface area contributed by atoms with Crippen molar-refractivity contribution in [1.29, 1.82) is 0 Å². The summed E-state index contributed by atoms with van der Waals surface area (Å²) in [5.74, 6) is 0.201. The molecule has 0 heterocycles. The molecule has 1 aliphatic carbocycles. The topological polar surface area (TPSA) is 61.4 Å². The number of hydrogen-bond acceptors (Lipinski definition) is 3. The van der Waals surface area contributed by atoms with E-state index in [4.69, 9.17) is 0 Å². The van der Waals surface area contributed by atoms with Crippen molar-refractivity contribution in [2.24, 2.45) is 5.92 Å². The summed E-state index contributed by atoms with van der Waals surface area (Å²) in [6.07, 6.45) is 2.00. The van der Waals surface area contributed by atoms with Gasteiger partial charge in [-0.1, -0.05) is 12.1 Å². The summed E-state index contributed by atoms with van der Waals surface area (Å²) in [5, 5.41) is 5.86. The van der Waals surface area contributed by atoms with Crippen LogP contribution >= 0.6 is 0 Å². The summed E-state index contributed by atoms with van der Waals surface area (Å²) in [6, 6.07) is 15.2. The van der Waals surface area contributed by atoms with Crippen molar-refractivity contribution in [1.82, 2.24) is 5.32 Å². The van der Waals surface area contributed by atoms with Crippen LogP contribution < -0.4 is 15.5 Å². The molecule has 1 aliphatic rings. The maximum Gasteiger partial charge on any atom is 0.255 e. The van der Waals surface area contributed by atoms with Crippen molar-refractivity contribution < 1.29 is 9.59 Å². The Morgan fingerprint density at radius 2 is 1.59 bits per heavy atom. The van der Waals surface area contributed by atoms with Gasteiger partial charge in [0.25, 0.3) is 5.91 Å². The number of benzene rings is 2. The monoisotopic (exact) mass is 365 g/mol. The molecule has 0 radical (unpaired) electrons. The second kappa shape index (κ2) is 8.71. The Hall–Kier alpha value is -2.82. The molecule has 2 aromatic rings. The highest BCUT2D eigenvalue weighted by Crippen LogP contribution is 2.28. The highest BCUT2D eigenvalue weighted by molar-refractivity contribution is 6.04. The summed E-state index contributed by atoms with van der Waals surface area (Å²) in [6.45, 7) is 6.66. The third kappa shape index (κ3) is 5.09. The van der Waals surface area contributed by atoms with E-state index >= 15 is 0 Å². The second-order valence-electron chi connectivity index (χ2n) is 6.86. The predicted octanol–water partition coefficient (Wildman–Crippen LogP) is 3.81. The van der Waals surface area contributed by atoms with Crippen LogP contribution in [0.15, 0.2) is 48.5 Å². The zero-order valence-electron chi connectivity index (χ0n) is 16.0. The predicted molar refractivity (Wildman–Crippen MR) is 109 cm³/mol. The molecule has 5 nitrogen and oxygen atoms in total. The molecule has 0 aliphatic heterocycles. The SMILES string of the molecule is CCN(CC)c1ccc(NC(=O)c2ccc(CNC(=O)C3CC3)cc2)cc1. The largest absolute Gasteiger partial charge is 0.372 e. The zero-order chi connectivity index (χ0) is 19.2. The molecule has 0 bridgehead atoms. The Labute approximate surface area is 160 Å². The second-order valence-corrected chi connectivity index (χ2v) is 6.86. The molecular formula is C22H27N3O2. The summed E-state index contributed by atoms with van der Waals surface area (Å²) in [7, 11) is 0. The molecule has 2 aromatic carbocycles. The average molecular weight is 365 g/mol. The lowest BCUT2D eigenvalue weighted by molar-refractivity contribution is -0.122. The standard InChI is InChI=1S/C22H27N3O2/c1-3-25(4-2)20-13-11-19(12-14-20)24-22(27)18-7-5-16(6-8-18)15-23-21(26)17-9-10-17/h5-8,11-14,17H,3-4,9-10,15H2,1-2H3,(H,23,26)(H,24,27). The number of amides is 2. The Kier molecular flexibility index (Phi) is 6.12. The molecule has 1 fully saturated rings. The highest BCUT2D eigenvalue weighted by atomic mass is 16.2. The van der Waals surface area contributed by atoms with Crippen LogP contribution in [-0.2, 0) is 11.3 Å². The zero-order valence-corrected chi connectivity index (χ0v) is 16.0. The van der Waals surface area contributed by atoms with E-state index in [-0.39, 0.29) is 17.7 Å². The number of carbonyl (C=O) groups excluding carboxylic acids is 2.